The lowest BCUT2D eigenvalue weighted by atomic mass is 9.96. The number of carbonyl (C=O) groups excluding carboxylic acids is 1. The minimum atomic E-state index is -0.827. The number of carbonyl (C=O) groups is 1. The summed E-state index contributed by atoms with van der Waals surface area (Å²) in [6.45, 7) is 8.07. The largest absolute Gasteiger partial charge is 0.391 e. The molecule has 0 saturated carbocycles. The molecule has 2 atom stereocenters. The first-order valence-corrected chi connectivity index (χ1v) is 6.04. The summed E-state index contributed by atoms with van der Waals surface area (Å²) in [6.07, 6.45) is 1.73. The second-order valence-electron chi connectivity index (χ2n) is 5.16. The highest BCUT2D eigenvalue weighted by Gasteiger charge is 2.27. The molecule has 4 nitrogen and oxygen atoms in total. The Morgan fingerprint density at radius 1 is 1.50 bits per heavy atom. The van der Waals surface area contributed by atoms with E-state index in [9.17, 15) is 9.90 Å². The highest BCUT2D eigenvalue weighted by atomic mass is 16.3. The van der Waals surface area contributed by atoms with Crippen LogP contribution in [-0.2, 0) is 4.79 Å². The van der Waals surface area contributed by atoms with Crippen LogP contribution >= 0.6 is 0 Å². The first-order valence-electron chi connectivity index (χ1n) is 6.04. The molecule has 0 aliphatic heterocycles. The van der Waals surface area contributed by atoms with Crippen molar-refractivity contribution in [1.29, 1.82) is 0 Å². The van der Waals surface area contributed by atoms with Crippen LogP contribution in [0.4, 0.5) is 0 Å². The Kier molecular flexibility index (Phi) is 6.60. The van der Waals surface area contributed by atoms with Gasteiger partial charge in [-0.2, -0.15) is 0 Å². The molecule has 0 aromatic carbocycles. The van der Waals surface area contributed by atoms with Gasteiger partial charge >= 0.3 is 0 Å². The molecule has 0 aromatic rings. The quantitative estimate of drug-likeness (QED) is 0.611. The van der Waals surface area contributed by atoms with E-state index in [1.54, 1.807) is 6.92 Å². The number of nitrogens with one attached hydrogen (secondary N) is 1. The van der Waals surface area contributed by atoms with Gasteiger partial charge in [0.15, 0.2) is 0 Å². The number of rotatable bonds is 7. The van der Waals surface area contributed by atoms with Gasteiger partial charge in [-0.3, -0.25) is 4.79 Å². The van der Waals surface area contributed by atoms with E-state index in [1.807, 2.05) is 20.8 Å². The van der Waals surface area contributed by atoms with Crippen molar-refractivity contribution < 1.29 is 9.90 Å². The third-order valence-electron chi connectivity index (χ3n) is 2.53. The first-order chi connectivity index (χ1) is 7.29. The summed E-state index contributed by atoms with van der Waals surface area (Å²) in [5.41, 5.74) is 5.04. The number of hydrogen-bond acceptors (Lipinski definition) is 3. The van der Waals surface area contributed by atoms with E-state index in [1.165, 1.54) is 0 Å². The summed E-state index contributed by atoms with van der Waals surface area (Å²) >= 11 is 0. The maximum absolute atomic E-state index is 11.7. The lowest BCUT2D eigenvalue weighted by Gasteiger charge is -2.24. The predicted molar refractivity (Wildman–Crippen MR) is 66.0 cm³/mol. The van der Waals surface area contributed by atoms with Crippen LogP contribution in [0.15, 0.2) is 0 Å². The summed E-state index contributed by atoms with van der Waals surface area (Å²) in [7, 11) is 0. The van der Waals surface area contributed by atoms with Crippen LogP contribution < -0.4 is 11.1 Å². The molecule has 96 valence electrons. The van der Waals surface area contributed by atoms with Crippen molar-refractivity contribution >= 4 is 5.91 Å². The number of aliphatic hydroxyl groups excluding tert-OH is 1. The fourth-order valence-corrected chi connectivity index (χ4v) is 1.67. The van der Waals surface area contributed by atoms with E-state index >= 15 is 0 Å². The zero-order chi connectivity index (χ0) is 12.8. The molecule has 2 unspecified atom stereocenters. The van der Waals surface area contributed by atoms with Crippen LogP contribution in [0, 0.1) is 5.92 Å². The van der Waals surface area contributed by atoms with Crippen molar-refractivity contribution in [2.24, 2.45) is 11.7 Å². The molecule has 0 fully saturated rings. The molecular formula is C12H26N2O2. The van der Waals surface area contributed by atoms with Gasteiger partial charge in [-0.05, 0) is 25.7 Å². The zero-order valence-corrected chi connectivity index (χ0v) is 10.9. The summed E-state index contributed by atoms with van der Waals surface area (Å²) in [4.78, 5) is 11.7. The van der Waals surface area contributed by atoms with Crippen LogP contribution in [0.25, 0.3) is 0 Å². The topological polar surface area (TPSA) is 75.4 Å². The average Bonchev–Trinajstić information content (AvgIpc) is 2.12. The van der Waals surface area contributed by atoms with Gasteiger partial charge in [0.05, 0.1) is 11.6 Å². The molecule has 0 rings (SSSR count). The Hall–Kier alpha value is -0.610. The van der Waals surface area contributed by atoms with E-state index in [4.69, 9.17) is 5.73 Å². The first kappa shape index (κ1) is 15.4. The van der Waals surface area contributed by atoms with Gasteiger partial charge in [0.1, 0.15) is 0 Å². The van der Waals surface area contributed by atoms with Crippen molar-refractivity contribution in [2.75, 3.05) is 6.54 Å². The van der Waals surface area contributed by atoms with Gasteiger partial charge in [0.25, 0.3) is 0 Å². The Balaban J connectivity index is 3.97. The molecule has 4 heteroatoms. The van der Waals surface area contributed by atoms with Crippen molar-refractivity contribution in [1.82, 2.24) is 5.32 Å². The maximum atomic E-state index is 11.7. The van der Waals surface area contributed by atoms with Gasteiger partial charge in [-0.15, -0.1) is 0 Å². The summed E-state index contributed by atoms with van der Waals surface area (Å²) in [5, 5.41) is 12.3. The standard InChI is InChI=1S/C12H26N2O2/c1-5-6-12(4,13)11(16)14-8-10(15)7-9(2)3/h9-10,15H,5-8,13H2,1-4H3,(H,14,16). The monoisotopic (exact) mass is 230 g/mol. The minimum absolute atomic E-state index is 0.183. The van der Waals surface area contributed by atoms with E-state index < -0.39 is 11.6 Å². The van der Waals surface area contributed by atoms with Crippen molar-refractivity contribution in [3.8, 4) is 0 Å². The average molecular weight is 230 g/mol. The molecule has 0 heterocycles. The normalized spacial score (nSPS) is 16.9. The van der Waals surface area contributed by atoms with E-state index in [-0.39, 0.29) is 12.5 Å². The molecule has 0 saturated heterocycles. The van der Waals surface area contributed by atoms with Gasteiger partial charge in [-0.1, -0.05) is 27.2 Å². The highest BCUT2D eigenvalue weighted by Crippen LogP contribution is 2.09. The third kappa shape index (κ3) is 6.08. The SMILES string of the molecule is CCCC(C)(N)C(=O)NCC(O)CC(C)C. The molecule has 1 amide bonds. The molecule has 0 aliphatic rings. The molecule has 4 N–H and O–H groups in total. The Morgan fingerprint density at radius 3 is 2.50 bits per heavy atom. The van der Waals surface area contributed by atoms with Crippen LogP contribution in [0.2, 0.25) is 0 Å². The molecule has 0 bridgehead atoms. The van der Waals surface area contributed by atoms with Gasteiger partial charge in [0, 0.05) is 6.54 Å². The van der Waals surface area contributed by atoms with Crippen LogP contribution in [-0.4, -0.2) is 29.2 Å². The smallest absolute Gasteiger partial charge is 0.239 e. The van der Waals surface area contributed by atoms with Crippen molar-refractivity contribution in [2.45, 2.75) is 58.6 Å². The second kappa shape index (κ2) is 6.86. The third-order valence-corrected chi connectivity index (χ3v) is 2.53. The van der Waals surface area contributed by atoms with Crippen molar-refractivity contribution in [3.63, 3.8) is 0 Å². The molecular weight excluding hydrogens is 204 g/mol. The summed E-state index contributed by atoms with van der Waals surface area (Å²) in [5.74, 6) is 0.240. The number of amides is 1. The second-order valence-corrected chi connectivity index (χ2v) is 5.16. The lowest BCUT2D eigenvalue weighted by Crippen LogP contribution is -2.52. The number of aliphatic hydroxyl groups is 1. The highest BCUT2D eigenvalue weighted by molar-refractivity contribution is 5.85. The van der Waals surface area contributed by atoms with Crippen LogP contribution in [0.1, 0.15) is 47.0 Å². The molecule has 0 radical (unpaired) electrons. The zero-order valence-electron chi connectivity index (χ0n) is 10.9. The Bertz CT molecular complexity index is 215. The maximum Gasteiger partial charge on any atom is 0.239 e. The number of nitrogens with two attached hydrogens (primary N) is 1. The molecule has 0 aromatic heterocycles. The lowest BCUT2D eigenvalue weighted by molar-refractivity contribution is -0.126. The van der Waals surface area contributed by atoms with Gasteiger partial charge in [0.2, 0.25) is 5.91 Å². The van der Waals surface area contributed by atoms with Crippen LogP contribution in [0.5, 0.6) is 0 Å². The minimum Gasteiger partial charge on any atom is -0.391 e. The summed E-state index contributed by atoms with van der Waals surface area (Å²) < 4.78 is 0. The molecule has 0 spiro atoms. The fourth-order valence-electron chi connectivity index (χ4n) is 1.67. The number of hydrogen-bond donors (Lipinski definition) is 3. The Morgan fingerprint density at radius 2 is 2.06 bits per heavy atom. The predicted octanol–water partition coefficient (Wildman–Crippen LogP) is 1.03. The van der Waals surface area contributed by atoms with E-state index in [2.05, 4.69) is 5.32 Å². The van der Waals surface area contributed by atoms with Gasteiger partial charge < -0.3 is 16.2 Å². The summed E-state index contributed by atoms with van der Waals surface area (Å²) in [6, 6.07) is 0. The van der Waals surface area contributed by atoms with Crippen molar-refractivity contribution in [3.05, 3.63) is 0 Å². The van der Waals surface area contributed by atoms with E-state index in [0.717, 1.165) is 6.42 Å². The fraction of sp³-hybridized carbons (Fsp3) is 0.917. The molecule has 16 heavy (non-hydrogen) atoms. The van der Waals surface area contributed by atoms with Gasteiger partial charge in [-0.25, -0.2) is 0 Å². The molecule has 0 aliphatic carbocycles. The van der Waals surface area contributed by atoms with E-state index in [0.29, 0.717) is 18.8 Å². The Labute approximate surface area is 98.6 Å². The van der Waals surface area contributed by atoms with Crippen LogP contribution in [0.3, 0.4) is 0 Å².